The molecule has 0 spiro atoms. The van der Waals surface area contributed by atoms with E-state index in [1.807, 2.05) is 66.5 Å². The first-order valence-corrected chi connectivity index (χ1v) is 13.4. The summed E-state index contributed by atoms with van der Waals surface area (Å²) < 4.78 is 42.9. The Kier molecular flexibility index (Phi) is 6.47. The number of nitrogens with one attached hydrogen (secondary N) is 1. The fraction of sp³-hybridized carbons (Fsp3) is 0.281. The average molecular weight is 560 g/mol. The number of hydrogen-bond acceptors (Lipinski definition) is 4. The van der Waals surface area contributed by atoms with Gasteiger partial charge in [-0.05, 0) is 54.5 Å². The lowest BCUT2D eigenvalue weighted by Crippen LogP contribution is -2.65. The Bertz CT molecular complexity index is 1650. The maximum atomic E-state index is 14.1. The van der Waals surface area contributed by atoms with E-state index in [4.69, 9.17) is 0 Å². The predicted molar refractivity (Wildman–Crippen MR) is 146 cm³/mol. The van der Waals surface area contributed by atoms with Crippen LogP contribution < -0.4 is 20.7 Å². The van der Waals surface area contributed by atoms with E-state index in [2.05, 4.69) is 12.0 Å². The zero-order valence-corrected chi connectivity index (χ0v) is 22.4. The van der Waals surface area contributed by atoms with Gasteiger partial charge in [0.1, 0.15) is 5.69 Å². The van der Waals surface area contributed by atoms with E-state index in [-0.39, 0.29) is 5.69 Å². The number of H-pyrrole nitrogens is 1. The molecule has 6 nitrogen and oxygen atoms in total. The molecule has 212 valence electrons. The lowest BCUT2D eigenvalue weighted by molar-refractivity contribution is -0.543. The van der Waals surface area contributed by atoms with Crippen molar-refractivity contribution in [3.8, 4) is 5.69 Å². The van der Waals surface area contributed by atoms with Crippen LogP contribution in [0.4, 0.5) is 18.9 Å². The lowest BCUT2D eigenvalue weighted by atomic mass is 9.64. The van der Waals surface area contributed by atoms with Gasteiger partial charge in [-0.1, -0.05) is 72.8 Å². The number of para-hydroxylation sites is 2. The molecule has 1 fully saturated rings. The van der Waals surface area contributed by atoms with Gasteiger partial charge < -0.3 is 15.1 Å². The first-order chi connectivity index (χ1) is 19.5. The number of fused-ring (bicyclic) bond motifs is 1. The van der Waals surface area contributed by atoms with Crippen LogP contribution in [0.1, 0.15) is 35.2 Å². The summed E-state index contributed by atoms with van der Waals surface area (Å²) in [5, 5.41) is 29.3. The zero-order valence-electron chi connectivity index (χ0n) is 22.4. The van der Waals surface area contributed by atoms with Crippen LogP contribution in [0.2, 0.25) is 0 Å². The first kappa shape index (κ1) is 27.1. The van der Waals surface area contributed by atoms with E-state index in [0.717, 1.165) is 27.2 Å². The molecule has 2 heterocycles. The van der Waals surface area contributed by atoms with Crippen molar-refractivity contribution in [3.05, 3.63) is 129 Å². The second-order valence-electron chi connectivity index (χ2n) is 11.0. The summed E-state index contributed by atoms with van der Waals surface area (Å²) in [6.07, 6.45) is -6.13. The van der Waals surface area contributed by atoms with Crippen LogP contribution in [0, 0.1) is 5.92 Å². The topological polar surface area (TPSA) is 87.2 Å². The molecule has 3 unspecified atom stereocenters. The summed E-state index contributed by atoms with van der Waals surface area (Å²) in [6.45, 7) is 2.05. The van der Waals surface area contributed by atoms with Gasteiger partial charge in [-0.3, -0.25) is 9.89 Å². The van der Waals surface area contributed by atoms with Crippen molar-refractivity contribution in [2.24, 2.45) is 5.92 Å². The van der Waals surface area contributed by atoms with Gasteiger partial charge in [-0.15, -0.1) is 12.2 Å². The summed E-state index contributed by atoms with van der Waals surface area (Å²) >= 11 is 0. The summed E-state index contributed by atoms with van der Waals surface area (Å²) in [5.74, 6) is -2.72. The van der Waals surface area contributed by atoms with Crippen molar-refractivity contribution in [2.75, 3.05) is 11.9 Å². The number of likely N-dealkylation sites (N-methyl/N-ethyl adjacent to an activating group) is 1. The summed E-state index contributed by atoms with van der Waals surface area (Å²) in [6, 6.07) is 25.4. The Labute approximate surface area is 235 Å². The van der Waals surface area contributed by atoms with E-state index >= 15 is 0 Å². The molecule has 6 rings (SSSR count). The molecule has 4 aromatic rings. The van der Waals surface area contributed by atoms with Crippen molar-refractivity contribution in [1.29, 1.82) is 0 Å². The number of benzene rings is 3. The summed E-state index contributed by atoms with van der Waals surface area (Å²) in [4.78, 5) is 15.2. The third-order valence-corrected chi connectivity index (χ3v) is 8.56. The smallest absolute Gasteiger partial charge is 0.433 e. The lowest BCUT2D eigenvalue weighted by Gasteiger charge is -2.60. The number of hydrogen-bond donors (Lipinski definition) is 1. The molecule has 1 aromatic heterocycles. The molecule has 2 aliphatic rings. The minimum absolute atomic E-state index is 0.180. The maximum Gasteiger partial charge on any atom is 0.433 e. The molecular formula is C32H28F3N3O3-2. The van der Waals surface area contributed by atoms with Crippen LogP contribution in [0.25, 0.3) is 5.69 Å². The molecule has 0 radical (unpaired) electrons. The van der Waals surface area contributed by atoms with Gasteiger partial charge in [0.05, 0.1) is 11.3 Å². The average Bonchev–Trinajstić information content (AvgIpc) is 3.40. The third-order valence-electron chi connectivity index (χ3n) is 8.56. The first-order valence-electron chi connectivity index (χ1n) is 13.4. The molecule has 1 saturated carbocycles. The second kappa shape index (κ2) is 9.78. The molecule has 41 heavy (non-hydrogen) atoms. The third kappa shape index (κ3) is 4.31. The largest absolute Gasteiger partial charge is 0.851 e. The maximum absolute atomic E-state index is 14.1. The van der Waals surface area contributed by atoms with Crippen LogP contribution >= 0.6 is 0 Å². The van der Waals surface area contributed by atoms with Crippen LogP contribution in [-0.4, -0.2) is 29.0 Å². The van der Waals surface area contributed by atoms with Crippen LogP contribution in [0.15, 0.2) is 101 Å². The molecule has 0 bridgehead atoms. The number of alkyl halides is 3. The number of allylic oxidation sites excluding steroid dienone is 1. The van der Waals surface area contributed by atoms with Crippen molar-refractivity contribution in [3.63, 3.8) is 0 Å². The highest BCUT2D eigenvalue weighted by atomic mass is 19.4. The molecule has 1 N–H and O–H groups in total. The predicted octanol–water partition coefficient (Wildman–Crippen LogP) is 3.89. The van der Waals surface area contributed by atoms with Gasteiger partial charge in [0, 0.05) is 23.8 Å². The fourth-order valence-electron chi connectivity index (χ4n) is 6.50. The van der Waals surface area contributed by atoms with Crippen LogP contribution in [0.3, 0.4) is 0 Å². The summed E-state index contributed by atoms with van der Waals surface area (Å²) in [7, 11) is 1.86. The van der Waals surface area contributed by atoms with Crippen molar-refractivity contribution >= 4 is 5.69 Å². The van der Waals surface area contributed by atoms with E-state index in [0.29, 0.717) is 6.42 Å². The van der Waals surface area contributed by atoms with Gasteiger partial charge in [0.2, 0.25) is 0 Å². The minimum atomic E-state index is -4.95. The normalized spacial score (nSPS) is 26.7. The van der Waals surface area contributed by atoms with Crippen LogP contribution in [-0.2, 0) is 18.0 Å². The number of nitrogens with zero attached hydrogens (tertiary/aromatic N) is 2. The SMILES string of the molecule is CN1C(=CC2C([O-])C(c3c(C(F)(F)F)[nH]n(-c4ccccc4)c3=O)C2[O-])C(C)(Cc2ccccc2)c2ccccc21. The number of aromatic nitrogens is 2. The Morgan fingerprint density at radius 1 is 0.927 bits per heavy atom. The number of rotatable bonds is 5. The molecule has 3 atom stereocenters. The van der Waals surface area contributed by atoms with Crippen LogP contribution in [0.5, 0.6) is 0 Å². The standard InChI is InChI=1S/C32H28F3N3O3/c1-31(18-19-11-5-3-6-12-19)22-15-9-10-16-23(22)37(2)24(31)17-21-27(39)25(28(21)40)26-29(32(33,34)35)36-38(30(26)41)20-13-7-4-8-14-20/h3-17,21,25,27-28,36H,18H2,1-2H3/q-2. The monoisotopic (exact) mass is 559 g/mol. The molecule has 0 saturated heterocycles. The highest BCUT2D eigenvalue weighted by Crippen LogP contribution is 2.51. The Hall–Kier alpha value is -4.08. The fourth-order valence-corrected chi connectivity index (χ4v) is 6.50. The van der Waals surface area contributed by atoms with E-state index in [9.17, 15) is 28.2 Å². The minimum Gasteiger partial charge on any atom is -0.851 e. The van der Waals surface area contributed by atoms with Gasteiger partial charge in [0.25, 0.3) is 5.56 Å². The van der Waals surface area contributed by atoms with E-state index in [1.54, 1.807) is 24.3 Å². The van der Waals surface area contributed by atoms with Crippen molar-refractivity contribution in [1.82, 2.24) is 9.78 Å². The quantitative estimate of drug-likeness (QED) is 0.402. The van der Waals surface area contributed by atoms with E-state index in [1.165, 1.54) is 12.1 Å². The van der Waals surface area contributed by atoms with E-state index < -0.39 is 52.5 Å². The molecule has 0 amide bonds. The Balaban J connectivity index is 1.39. The molecule has 1 aliphatic heterocycles. The van der Waals surface area contributed by atoms with Crippen molar-refractivity contribution in [2.45, 2.75) is 43.1 Å². The van der Waals surface area contributed by atoms with Gasteiger partial charge >= 0.3 is 6.18 Å². The van der Waals surface area contributed by atoms with Gasteiger partial charge in [-0.25, -0.2) is 4.68 Å². The van der Waals surface area contributed by atoms with Crippen molar-refractivity contribution < 1.29 is 23.4 Å². The highest BCUT2D eigenvalue weighted by Gasteiger charge is 2.48. The second-order valence-corrected chi connectivity index (χ2v) is 11.0. The Morgan fingerprint density at radius 2 is 1.51 bits per heavy atom. The summed E-state index contributed by atoms with van der Waals surface area (Å²) in [5.41, 5.74) is 0.234. The number of halogens is 3. The van der Waals surface area contributed by atoms with Gasteiger partial charge in [0.15, 0.2) is 0 Å². The molecular weight excluding hydrogens is 531 g/mol. The molecule has 3 aromatic carbocycles. The molecule has 1 aliphatic carbocycles. The zero-order chi connectivity index (χ0) is 29.1. The Morgan fingerprint density at radius 3 is 2.15 bits per heavy atom. The highest BCUT2D eigenvalue weighted by molar-refractivity contribution is 5.70. The van der Waals surface area contributed by atoms with Gasteiger partial charge in [-0.2, -0.15) is 13.2 Å². The number of anilines is 1. The molecule has 9 heteroatoms. The number of aromatic amines is 1.